The average molecular weight is 835 g/mol. The van der Waals surface area contributed by atoms with Crippen molar-refractivity contribution in [1.82, 2.24) is 29.4 Å². The van der Waals surface area contributed by atoms with E-state index in [9.17, 15) is 0 Å². The van der Waals surface area contributed by atoms with Crippen molar-refractivity contribution >= 4 is 0 Å². The third-order valence-corrected chi connectivity index (χ3v) is 19.5. The summed E-state index contributed by atoms with van der Waals surface area (Å²) in [6, 6.07) is 4.67. The van der Waals surface area contributed by atoms with Crippen molar-refractivity contribution in [3.8, 4) is 0 Å². The van der Waals surface area contributed by atoms with Gasteiger partial charge in [-0.1, -0.05) is 53.9 Å². The molecule has 4 saturated carbocycles. The van der Waals surface area contributed by atoms with Gasteiger partial charge in [-0.25, -0.2) is 0 Å². The normalized spacial score (nSPS) is 43.8. The summed E-state index contributed by atoms with van der Waals surface area (Å²) in [5.41, 5.74) is 1.60. The van der Waals surface area contributed by atoms with E-state index in [1.807, 2.05) is 0 Å². The van der Waals surface area contributed by atoms with E-state index in [0.29, 0.717) is 0 Å². The maximum Gasteiger partial charge on any atom is 0.00982 e. The summed E-state index contributed by atoms with van der Waals surface area (Å²) in [5, 5.41) is 0. The Morgan fingerprint density at radius 1 is 0.383 bits per heavy atom. The van der Waals surface area contributed by atoms with Gasteiger partial charge in [0.1, 0.15) is 0 Å². The topological polar surface area (TPSA) is 19.4 Å². The molecule has 12 aliphatic rings. The number of hydrogen-bond donors (Lipinski definition) is 0. The minimum absolute atomic E-state index is 0.786. The van der Waals surface area contributed by atoms with E-state index in [-0.39, 0.29) is 0 Å². The molecule has 0 radical (unpaired) electrons. The molecule has 12 fully saturated rings. The minimum Gasteiger partial charge on any atom is -0.306 e. The Bertz CT molecular complexity index is 1220. The largest absolute Gasteiger partial charge is 0.306 e. The van der Waals surface area contributed by atoms with Gasteiger partial charge in [0.25, 0.3) is 0 Å². The highest BCUT2D eigenvalue weighted by Crippen LogP contribution is 2.48. The highest BCUT2D eigenvalue weighted by atomic mass is 15.2. The lowest BCUT2D eigenvalue weighted by atomic mass is 9.68. The quantitative estimate of drug-likeness (QED) is 0.240. The van der Waals surface area contributed by atoms with Crippen molar-refractivity contribution in [2.24, 2.45) is 58.2 Å². The van der Waals surface area contributed by atoms with Crippen molar-refractivity contribution in [3.05, 3.63) is 0 Å². The molecule has 348 valence electrons. The molecule has 10 unspecified atom stereocenters. The standard InChI is InChI=1S/C10H19N.4C9H17N.C8H15N/c1-8-6-9-4-3-5-10(7-8)11(9)2;1-7-3-8-5-10(2)6-9(8)4-7;1-7-3-8-5-9(4-7)10(2)6-8;1-8-3-4-9(5-8)6-10(2)7-9;1-7-5-8-3-4-9(6-7)10(8)2;1-9-6-5-8(7-9)3-2-4-8/h8-10H,3-7H2,1-2H3;2*7-9H,3-6H2,1-2H3;8H,3-7H2,1-2H3;7-9H,3-6H2,1-2H3;2-7H2,1H3. The van der Waals surface area contributed by atoms with E-state index in [1.165, 1.54) is 181 Å². The summed E-state index contributed by atoms with van der Waals surface area (Å²) in [5.74, 6) is 8.15. The molecule has 6 heteroatoms. The molecule has 8 aliphatic heterocycles. The van der Waals surface area contributed by atoms with Crippen LogP contribution in [0.4, 0.5) is 0 Å². The van der Waals surface area contributed by atoms with E-state index < -0.39 is 0 Å². The first-order chi connectivity index (χ1) is 28.6. The zero-order valence-electron chi connectivity index (χ0n) is 42.0. The maximum atomic E-state index is 2.63. The van der Waals surface area contributed by atoms with Crippen LogP contribution in [0.3, 0.4) is 0 Å². The second kappa shape index (κ2) is 20.9. The van der Waals surface area contributed by atoms with Gasteiger partial charge >= 0.3 is 0 Å². The molecule has 6 nitrogen and oxygen atoms in total. The Balaban J connectivity index is 0.000000109. The van der Waals surface area contributed by atoms with Gasteiger partial charge in [0, 0.05) is 69.5 Å². The number of likely N-dealkylation sites (tertiary alicyclic amines) is 4. The third-order valence-electron chi connectivity index (χ3n) is 19.5. The van der Waals surface area contributed by atoms with Crippen LogP contribution in [0.25, 0.3) is 0 Å². The first kappa shape index (κ1) is 47.7. The van der Waals surface area contributed by atoms with Crippen molar-refractivity contribution in [2.75, 3.05) is 88.1 Å². The van der Waals surface area contributed by atoms with Gasteiger partial charge in [0.15, 0.2) is 0 Å². The molecular formula is C54H102N6. The third kappa shape index (κ3) is 12.3. The van der Waals surface area contributed by atoms with Crippen molar-refractivity contribution < 1.29 is 0 Å². The lowest BCUT2D eigenvalue weighted by Crippen LogP contribution is -2.52. The van der Waals surface area contributed by atoms with Crippen LogP contribution < -0.4 is 0 Å². The molecule has 0 aromatic carbocycles. The Morgan fingerprint density at radius 2 is 0.883 bits per heavy atom. The smallest absolute Gasteiger partial charge is 0.00982 e. The van der Waals surface area contributed by atoms with E-state index in [2.05, 4.69) is 106 Å². The van der Waals surface area contributed by atoms with Gasteiger partial charge in [-0.15, -0.1) is 0 Å². The summed E-state index contributed by atoms with van der Waals surface area (Å²) >= 11 is 0. The van der Waals surface area contributed by atoms with E-state index in [0.717, 1.165) is 88.4 Å². The van der Waals surface area contributed by atoms with Gasteiger partial charge in [0.05, 0.1) is 0 Å². The molecule has 0 amide bonds. The molecule has 2 spiro atoms. The number of fused-ring (bicyclic) bond motifs is 7. The molecular weight excluding hydrogens is 733 g/mol. The molecule has 60 heavy (non-hydrogen) atoms. The number of rotatable bonds is 0. The SMILES string of the molecule is CC1CC2CC(C1)N(C)C2.CC1CC2CCC(C1)N2C.CC1CC2CCCC(C1)N2C.CC1CC2CN(C)CC2C1.CC1CCC2(C1)CN(C)C2.CN1CCC2(CCC2)C1. The average Bonchev–Trinajstić information content (AvgIpc) is 3.98. The molecule has 12 rings (SSSR count). The molecule has 8 saturated heterocycles. The highest BCUT2D eigenvalue weighted by Gasteiger charge is 2.45. The monoisotopic (exact) mass is 835 g/mol. The van der Waals surface area contributed by atoms with Crippen LogP contribution in [0.5, 0.6) is 0 Å². The predicted octanol–water partition coefficient (Wildman–Crippen LogP) is 10.7. The van der Waals surface area contributed by atoms with Crippen LogP contribution in [-0.2, 0) is 0 Å². The van der Waals surface area contributed by atoms with E-state index >= 15 is 0 Å². The fourth-order valence-electron chi connectivity index (χ4n) is 16.3. The summed E-state index contributed by atoms with van der Waals surface area (Å²) in [4.78, 5) is 15.2. The van der Waals surface area contributed by atoms with Crippen LogP contribution in [0.15, 0.2) is 0 Å². The van der Waals surface area contributed by atoms with Crippen molar-refractivity contribution in [1.29, 1.82) is 0 Å². The van der Waals surface area contributed by atoms with E-state index in [4.69, 9.17) is 0 Å². The molecule has 0 N–H and O–H groups in total. The van der Waals surface area contributed by atoms with Crippen LogP contribution in [-0.4, -0.2) is 148 Å². The summed E-state index contributed by atoms with van der Waals surface area (Å²) in [6.07, 6.45) is 31.0. The van der Waals surface area contributed by atoms with Crippen LogP contribution in [0.2, 0.25) is 0 Å². The predicted molar refractivity (Wildman–Crippen MR) is 258 cm³/mol. The summed E-state index contributed by atoms with van der Waals surface area (Å²) < 4.78 is 0. The lowest BCUT2D eigenvalue weighted by Gasteiger charge is -2.46. The van der Waals surface area contributed by atoms with Gasteiger partial charge in [-0.05, 0) is 223 Å². The molecule has 6 bridgehead atoms. The summed E-state index contributed by atoms with van der Waals surface area (Å²) in [7, 11) is 13.6. The van der Waals surface area contributed by atoms with E-state index in [1.54, 1.807) is 0 Å². The van der Waals surface area contributed by atoms with Gasteiger partial charge in [0.2, 0.25) is 0 Å². The molecule has 0 aromatic rings. The second-order valence-electron chi connectivity index (χ2n) is 25.6. The van der Waals surface area contributed by atoms with Gasteiger partial charge in [-0.2, -0.15) is 0 Å². The summed E-state index contributed by atoms with van der Waals surface area (Å²) in [6.45, 7) is 21.6. The zero-order chi connectivity index (χ0) is 42.8. The van der Waals surface area contributed by atoms with Crippen molar-refractivity contribution in [3.63, 3.8) is 0 Å². The maximum absolute atomic E-state index is 2.63. The van der Waals surface area contributed by atoms with Gasteiger partial charge < -0.3 is 29.4 Å². The van der Waals surface area contributed by atoms with Crippen LogP contribution in [0, 0.1) is 58.2 Å². The lowest BCUT2D eigenvalue weighted by molar-refractivity contribution is 0.0258. The Kier molecular flexibility index (Phi) is 16.7. The number of hydrogen-bond acceptors (Lipinski definition) is 6. The zero-order valence-corrected chi connectivity index (χ0v) is 42.0. The van der Waals surface area contributed by atoms with Crippen LogP contribution >= 0.6 is 0 Å². The fraction of sp³-hybridized carbons (Fsp3) is 1.00. The second-order valence-corrected chi connectivity index (χ2v) is 25.6. The van der Waals surface area contributed by atoms with Crippen LogP contribution in [0.1, 0.15) is 169 Å². The molecule has 4 aliphatic carbocycles. The first-order valence-corrected chi connectivity index (χ1v) is 26.8. The number of nitrogens with zero attached hydrogens (tertiary/aromatic N) is 6. The van der Waals surface area contributed by atoms with Crippen molar-refractivity contribution in [2.45, 2.75) is 200 Å². The minimum atomic E-state index is 0.786. The Morgan fingerprint density at radius 3 is 1.32 bits per heavy atom. The molecule has 10 atom stereocenters. The molecule has 0 aromatic heterocycles. The highest BCUT2D eigenvalue weighted by molar-refractivity contribution is 4.99. The first-order valence-electron chi connectivity index (χ1n) is 26.8. The Hall–Kier alpha value is -0.240. The van der Waals surface area contributed by atoms with Gasteiger partial charge in [-0.3, -0.25) is 0 Å². The Labute approximate surface area is 374 Å². The number of piperidine rings is 3. The molecule has 8 heterocycles. The fourth-order valence-corrected chi connectivity index (χ4v) is 16.3.